The molecule has 22 heavy (non-hydrogen) atoms. The summed E-state index contributed by atoms with van der Waals surface area (Å²) in [6.45, 7) is 0. The van der Waals surface area contributed by atoms with Crippen LogP contribution in [0.4, 0.5) is 0 Å². The van der Waals surface area contributed by atoms with Crippen LogP contribution in [0.1, 0.15) is 44.1 Å². The third kappa shape index (κ3) is 3.97. The van der Waals surface area contributed by atoms with Gasteiger partial charge in [-0.1, -0.05) is 60.8 Å². The molecule has 1 atom stereocenters. The van der Waals surface area contributed by atoms with Crippen LogP contribution in [-0.4, -0.2) is 23.8 Å². The Balaban J connectivity index is 1.48. The van der Waals surface area contributed by atoms with E-state index in [0.29, 0.717) is 12.5 Å². The fourth-order valence-corrected chi connectivity index (χ4v) is 2.93. The van der Waals surface area contributed by atoms with Crippen LogP contribution in [0.2, 0.25) is 0 Å². The van der Waals surface area contributed by atoms with E-state index < -0.39 is 6.10 Å². The minimum absolute atomic E-state index is 0.0289. The molecule has 1 saturated carbocycles. The Hall–Kier alpha value is -2.10. The zero-order chi connectivity index (χ0) is 15.2. The van der Waals surface area contributed by atoms with E-state index >= 15 is 0 Å². The van der Waals surface area contributed by atoms with Gasteiger partial charge in [-0.05, 0) is 24.5 Å². The number of carbonyl (C=O) groups excluding carboxylic acids is 1. The summed E-state index contributed by atoms with van der Waals surface area (Å²) in [5.74, 6) is -0.0289. The first-order valence-corrected chi connectivity index (χ1v) is 8.07. The van der Waals surface area contributed by atoms with Gasteiger partial charge in [0.25, 0.3) is 5.91 Å². The molecule has 1 amide bonds. The van der Waals surface area contributed by atoms with Crippen LogP contribution in [0.5, 0.6) is 0 Å². The summed E-state index contributed by atoms with van der Waals surface area (Å²) in [6.07, 6.45) is 9.84. The van der Waals surface area contributed by atoms with Gasteiger partial charge in [-0.2, -0.15) is 0 Å². The number of hydrogen-bond acceptors (Lipinski definition) is 3. The minimum atomic E-state index is -0.475. The fraction of sp³-hybridized carbons (Fsp3) is 0.444. The maximum absolute atomic E-state index is 12.2. The zero-order valence-corrected chi connectivity index (χ0v) is 12.7. The van der Waals surface area contributed by atoms with Gasteiger partial charge in [-0.3, -0.25) is 4.79 Å². The SMILES string of the molecule is O=C(NC1CCCCC1)[C@@H]1CC(/C=C/c2ccccc2)=NO1. The summed E-state index contributed by atoms with van der Waals surface area (Å²) in [4.78, 5) is 17.5. The third-order valence-electron chi connectivity index (χ3n) is 4.20. The molecule has 1 aromatic carbocycles. The van der Waals surface area contributed by atoms with Crippen LogP contribution in [0.25, 0.3) is 6.08 Å². The van der Waals surface area contributed by atoms with Gasteiger partial charge in [-0.15, -0.1) is 0 Å². The molecule has 0 aromatic heterocycles. The van der Waals surface area contributed by atoms with Crippen molar-refractivity contribution in [2.75, 3.05) is 0 Å². The molecule has 0 saturated heterocycles. The highest BCUT2D eigenvalue weighted by Crippen LogP contribution is 2.19. The van der Waals surface area contributed by atoms with Crippen molar-refractivity contribution in [3.05, 3.63) is 42.0 Å². The molecule has 3 rings (SSSR count). The Morgan fingerprint density at radius 3 is 2.68 bits per heavy atom. The summed E-state index contributed by atoms with van der Waals surface area (Å²) in [5, 5.41) is 7.11. The lowest BCUT2D eigenvalue weighted by Crippen LogP contribution is -2.42. The number of oxime groups is 1. The van der Waals surface area contributed by atoms with Gasteiger partial charge in [0, 0.05) is 12.5 Å². The second-order valence-electron chi connectivity index (χ2n) is 5.97. The zero-order valence-electron chi connectivity index (χ0n) is 12.7. The van der Waals surface area contributed by atoms with E-state index in [-0.39, 0.29) is 5.91 Å². The molecule has 1 aromatic rings. The summed E-state index contributed by atoms with van der Waals surface area (Å²) in [7, 11) is 0. The maximum atomic E-state index is 12.2. The predicted molar refractivity (Wildman–Crippen MR) is 87.4 cm³/mol. The van der Waals surface area contributed by atoms with Gasteiger partial charge in [0.05, 0.1) is 5.71 Å². The molecule has 2 aliphatic rings. The Bertz CT molecular complexity index is 560. The molecule has 1 aliphatic heterocycles. The van der Waals surface area contributed by atoms with E-state index in [1.165, 1.54) is 19.3 Å². The van der Waals surface area contributed by atoms with Crippen LogP contribution in [0.15, 0.2) is 41.6 Å². The van der Waals surface area contributed by atoms with Gasteiger partial charge in [0.15, 0.2) is 0 Å². The summed E-state index contributed by atoms with van der Waals surface area (Å²) in [5.41, 5.74) is 1.92. The normalized spacial score (nSPS) is 22.4. The van der Waals surface area contributed by atoms with E-state index in [1.54, 1.807) is 0 Å². The average Bonchev–Trinajstić information content (AvgIpc) is 3.04. The third-order valence-corrected chi connectivity index (χ3v) is 4.20. The number of nitrogens with zero attached hydrogens (tertiary/aromatic N) is 1. The molecule has 4 heteroatoms. The van der Waals surface area contributed by atoms with E-state index in [9.17, 15) is 4.79 Å². The molecule has 0 unspecified atom stereocenters. The van der Waals surface area contributed by atoms with Crippen LogP contribution in [-0.2, 0) is 9.63 Å². The van der Waals surface area contributed by atoms with Crippen LogP contribution < -0.4 is 5.32 Å². The van der Waals surface area contributed by atoms with Crippen molar-refractivity contribution in [1.82, 2.24) is 5.32 Å². The first-order chi connectivity index (χ1) is 10.8. The van der Waals surface area contributed by atoms with Crippen molar-refractivity contribution >= 4 is 17.7 Å². The van der Waals surface area contributed by atoms with E-state index in [1.807, 2.05) is 42.5 Å². The fourth-order valence-electron chi connectivity index (χ4n) is 2.93. The highest BCUT2D eigenvalue weighted by atomic mass is 16.6. The molecule has 0 spiro atoms. The number of carbonyl (C=O) groups is 1. The lowest BCUT2D eigenvalue weighted by molar-refractivity contribution is -0.132. The lowest BCUT2D eigenvalue weighted by atomic mass is 9.95. The molecule has 1 N–H and O–H groups in total. The number of hydrogen-bond donors (Lipinski definition) is 1. The lowest BCUT2D eigenvalue weighted by Gasteiger charge is -2.23. The molecule has 116 valence electrons. The van der Waals surface area contributed by atoms with E-state index in [4.69, 9.17) is 4.84 Å². The standard InChI is InChI=1S/C18H22N2O2/c21-18(19-15-9-5-2-6-10-15)17-13-16(20-22-17)12-11-14-7-3-1-4-8-14/h1,3-4,7-8,11-12,15,17H,2,5-6,9-10,13H2,(H,19,21)/b12-11+/t17-/m0/s1. The van der Waals surface area contributed by atoms with Crippen molar-refractivity contribution in [3.63, 3.8) is 0 Å². The molecule has 4 nitrogen and oxygen atoms in total. The highest BCUT2D eigenvalue weighted by molar-refractivity contribution is 6.02. The smallest absolute Gasteiger partial charge is 0.264 e. The van der Waals surface area contributed by atoms with Crippen molar-refractivity contribution < 1.29 is 9.63 Å². The molecular formula is C18H22N2O2. The first kappa shape index (κ1) is 14.8. The maximum Gasteiger partial charge on any atom is 0.264 e. The topological polar surface area (TPSA) is 50.7 Å². The highest BCUT2D eigenvalue weighted by Gasteiger charge is 2.28. The van der Waals surface area contributed by atoms with Crippen molar-refractivity contribution in [2.45, 2.75) is 50.7 Å². The molecule has 0 radical (unpaired) electrons. The van der Waals surface area contributed by atoms with Crippen molar-refractivity contribution in [3.8, 4) is 0 Å². The molecular weight excluding hydrogens is 276 g/mol. The quantitative estimate of drug-likeness (QED) is 0.927. The molecule has 0 bridgehead atoms. The summed E-state index contributed by atoms with van der Waals surface area (Å²) >= 11 is 0. The van der Waals surface area contributed by atoms with E-state index in [2.05, 4.69) is 10.5 Å². The Kier molecular flexibility index (Phi) is 4.88. The Morgan fingerprint density at radius 2 is 1.91 bits per heavy atom. The Morgan fingerprint density at radius 1 is 1.14 bits per heavy atom. The largest absolute Gasteiger partial charge is 0.382 e. The van der Waals surface area contributed by atoms with Crippen molar-refractivity contribution in [2.24, 2.45) is 5.16 Å². The summed E-state index contributed by atoms with van der Waals surface area (Å²) < 4.78 is 0. The van der Waals surface area contributed by atoms with Crippen LogP contribution in [0.3, 0.4) is 0 Å². The van der Waals surface area contributed by atoms with Gasteiger partial charge in [0.1, 0.15) is 0 Å². The first-order valence-electron chi connectivity index (χ1n) is 8.07. The number of rotatable bonds is 4. The minimum Gasteiger partial charge on any atom is -0.382 e. The van der Waals surface area contributed by atoms with Crippen LogP contribution >= 0.6 is 0 Å². The number of allylic oxidation sites excluding steroid dienone is 1. The molecule has 1 heterocycles. The van der Waals surface area contributed by atoms with E-state index in [0.717, 1.165) is 24.1 Å². The van der Waals surface area contributed by atoms with Gasteiger partial charge >= 0.3 is 0 Å². The summed E-state index contributed by atoms with van der Waals surface area (Å²) in [6, 6.07) is 10.3. The number of benzene rings is 1. The molecule has 1 fully saturated rings. The van der Waals surface area contributed by atoms with Gasteiger partial charge in [0.2, 0.25) is 6.10 Å². The predicted octanol–water partition coefficient (Wildman–Crippen LogP) is 3.29. The van der Waals surface area contributed by atoms with Gasteiger partial charge < -0.3 is 10.2 Å². The number of nitrogens with one attached hydrogen (secondary N) is 1. The molecule has 1 aliphatic carbocycles. The monoisotopic (exact) mass is 298 g/mol. The van der Waals surface area contributed by atoms with Crippen LogP contribution in [0, 0.1) is 0 Å². The Labute approximate surface area is 131 Å². The second kappa shape index (κ2) is 7.25. The number of amides is 1. The second-order valence-corrected chi connectivity index (χ2v) is 5.97. The van der Waals surface area contributed by atoms with Crippen molar-refractivity contribution in [1.29, 1.82) is 0 Å². The van der Waals surface area contributed by atoms with Gasteiger partial charge in [-0.25, -0.2) is 0 Å². The average molecular weight is 298 g/mol.